The molecule has 3 rings (SSSR count). The molecule has 18 heavy (non-hydrogen) atoms. The Hall–Kier alpha value is -1.36. The van der Waals surface area contributed by atoms with E-state index in [4.69, 9.17) is 10.3 Å². The standard InChI is InChI=1S/C13H17N3OS/c1-7(2)12-15-13(17-16-12)10-8-5-3-4-6-9(8)18-11(10)14/h7H,3-6,14H2,1-2H3. The minimum Gasteiger partial charge on any atom is -0.390 e. The normalized spacial score (nSPS) is 15.1. The Balaban J connectivity index is 2.07. The smallest absolute Gasteiger partial charge is 0.261 e. The van der Waals surface area contributed by atoms with Crippen molar-refractivity contribution in [2.75, 3.05) is 5.73 Å². The highest BCUT2D eigenvalue weighted by atomic mass is 32.1. The van der Waals surface area contributed by atoms with Crippen LogP contribution in [-0.2, 0) is 12.8 Å². The van der Waals surface area contributed by atoms with Crippen LogP contribution >= 0.6 is 11.3 Å². The Morgan fingerprint density at radius 3 is 2.78 bits per heavy atom. The van der Waals surface area contributed by atoms with Crippen LogP contribution in [0.4, 0.5) is 5.00 Å². The van der Waals surface area contributed by atoms with Crippen LogP contribution in [0.2, 0.25) is 0 Å². The second-order valence-corrected chi connectivity index (χ2v) is 6.20. The number of fused-ring (bicyclic) bond motifs is 1. The maximum absolute atomic E-state index is 6.13. The van der Waals surface area contributed by atoms with Crippen LogP contribution in [0.1, 0.15) is 48.9 Å². The van der Waals surface area contributed by atoms with Gasteiger partial charge in [0.25, 0.3) is 5.89 Å². The van der Waals surface area contributed by atoms with Crippen molar-refractivity contribution in [2.45, 2.75) is 45.4 Å². The van der Waals surface area contributed by atoms with Crippen molar-refractivity contribution in [2.24, 2.45) is 0 Å². The molecule has 0 aromatic carbocycles. The van der Waals surface area contributed by atoms with E-state index in [-0.39, 0.29) is 5.92 Å². The predicted octanol–water partition coefficient (Wildman–Crippen LogP) is 3.38. The molecule has 4 nitrogen and oxygen atoms in total. The van der Waals surface area contributed by atoms with Crippen LogP contribution < -0.4 is 5.73 Å². The molecule has 0 atom stereocenters. The number of thiophene rings is 1. The Bertz CT molecular complexity index is 571. The second-order valence-electron chi connectivity index (χ2n) is 5.06. The van der Waals surface area contributed by atoms with Gasteiger partial charge in [-0.15, -0.1) is 11.3 Å². The summed E-state index contributed by atoms with van der Waals surface area (Å²) in [6, 6.07) is 0. The number of hydrogen-bond acceptors (Lipinski definition) is 5. The van der Waals surface area contributed by atoms with Crippen molar-refractivity contribution in [1.82, 2.24) is 10.1 Å². The van der Waals surface area contributed by atoms with Gasteiger partial charge < -0.3 is 10.3 Å². The molecule has 0 amide bonds. The highest BCUT2D eigenvalue weighted by Crippen LogP contribution is 2.41. The first-order chi connectivity index (χ1) is 8.66. The Morgan fingerprint density at radius 2 is 2.06 bits per heavy atom. The van der Waals surface area contributed by atoms with Crippen LogP contribution in [0.25, 0.3) is 11.5 Å². The summed E-state index contributed by atoms with van der Waals surface area (Å²) in [7, 11) is 0. The summed E-state index contributed by atoms with van der Waals surface area (Å²) >= 11 is 1.68. The van der Waals surface area contributed by atoms with Gasteiger partial charge in [-0.2, -0.15) is 4.98 Å². The number of nitrogens with zero attached hydrogens (tertiary/aromatic N) is 2. The van der Waals surface area contributed by atoms with Crippen LogP contribution in [0.3, 0.4) is 0 Å². The third kappa shape index (κ3) is 1.82. The summed E-state index contributed by atoms with van der Waals surface area (Å²) in [6.07, 6.45) is 4.70. The molecule has 2 aromatic rings. The highest BCUT2D eigenvalue weighted by Gasteiger charge is 2.24. The highest BCUT2D eigenvalue weighted by molar-refractivity contribution is 7.16. The average molecular weight is 263 g/mol. The molecule has 5 heteroatoms. The molecule has 0 aliphatic heterocycles. The van der Waals surface area contributed by atoms with E-state index in [1.807, 2.05) is 0 Å². The Labute approximate surface area is 110 Å². The Kier molecular flexibility index (Phi) is 2.86. The quantitative estimate of drug-likeness (QED) is 0.902. The number of anilines is 1. The second kappa shape index (κ2) is 4.39. The van der Waals surface area contributed by atoms with Crippen LogP contribution in [0.15, 0.2) is 4.52 Å². The number of nitrogen functional groups attached to an aromatic ring is 1. The van der Waals surface area contributed by atoms with Gasteiger partial charge in [-0.3, -0.25) is 0 Å². The summed E-state index contributed by atoms with van der Waals surface area (Å²) in [5, 5.41) is 4.84. The molecule has 0 fully saturated rings. The van der Waals surface area contributed by atoms with Crippen molar-refractivity contribution in [3.63, 3.8) is 0 Å². The molecule has 0 unspecified atom stereocenters. The number of nitrogens with two attached hydrogens (primary N) is 1. The van der Waals surface area contributed by atoms with Gasteiger partial charge in [0.2, 0.25) is 0 Å². The fourth-order valence-electron chi connectivity index (χ4n) is 2.39. The van der Waals surface area contributed by atoms with Crippen LogP contribution in [0.5, 0.6) is 0 Å². The van der Waals surface area contributed by atoms with E-state index >= 15 is 0 Å². The first-order valence-electron chi connectivity index (χ1n) is 6.40. The first kappa shape index (κ1) is 11.7. The van der Waals surface area contributed by atoms with Crippen molar-refractivity contribution >= 4 is 16.3 Å². The van der Waals surface area contributed by atoms with Crippen LogP contribution in [-0.4, -0.2) is 10.1 Å². The molecular weight excluding hydrogens is 246 g/mol. The SMILES string of the molecule is CC(C)c1noc(-c2c(N)sc3c2CCCC3)n1. The van der Waals surface area contributed by atoms with E-state index in [9.17, 15) is 0 Å². The molecule has 1 aliphatic rings. The zero-order valence-corrected chi connectivity index (χ0v) is 11.5. The van der Waals surface area contributed by atoms with E-state index in [0.717, 1.165) is 29.2 Å². The molecule has 0 saturated carbocycles. The van der Waals surface area contributed by atoms with Crippen molar-refractivity contribution in [1.29, 1.82) is 0 Å². The van der Waals surface area contributed by atoms with E-state index < -0.39 is 0 Å². The van der Waals surface area contributed by atoms with Crippen molar-refractivity contribution in [3.05, 3.63) is 16.3 Å². The van der Waals surface area contributed by atoms with E-state index in [2.05, 4.69) is 24.0 Å². The molecule has 96 valence electrons. The lowest BCUT2D eigenvalue weighted by Crippen LogP contribution is -2.00. The van der Waals surface area contributed by atoms with Crippen molar-refractivity contribution in [3.8, 4) is 11.5 Å². The lowest BCUT2D eigenvalue weighted by Gasteiger charge is -2.10. The predicted molar refractivity (Wildman–Crippen MR) is 72.8 cm³/mol. The maximum atomic E-state index is 6.13. The summed E-state index contributed by atoms with van der Waals surface area (Å²) in [6.45, 7) is 4.11. The molecule has 0 radical (unpaired) electrons. The fraction of sp³-hybridized carbons (Fsp3) is 0.538. The van der Waals surface area contributed by atoms with Crippen LogP contribution in [0, 0.1) is 0 Å². The third-order valence-corrected chi connectivity index (χ3v) is 4.49. The van der Waals surface area contributed by atoms with E-state index in [0.29, 0.717) is 5.89 Å². The van der Waals surface area contributed by atoms with E-state index in [1.54, 1.807) is 11.3 Å². The van der Waals surface area contributed by atoms with Crippen molar-refractivity contribution < 1.29 is 4.52 Å². The number of aromatic nitrogens is 2. The lowest BCUT2D eigenvalue weighted by molar-refractivity contribution is 0.419. The van der Waals surface area contributed by atoms with Gasteiger partial charge in [-0.1, -0.05) is 19.0 Å². The van der Waals surface area contributed by atoms with Gasteiger partial charge in [0.05, 0.1) is 10.6 Å². The van der Waals surface area contributed by atoms with Gasteiger partial charge >= 0.3 is 0 Å². The molecule has 2 heterocycles. The lowest BCUT2D eigenvalue weighted by atomic mass is 9.95. The molecule has 0 saturated heterocycles. The average Bonchev–Trinajstić information content (AvgIpc) is 2.91. The summed E-state index contributed by atoms with van der Waals surface area (Å²) in [5.41, 5.74) is 8.46. The molecule has 0 spiro atoms. The minimum atomic E-state index is 0.276. The topological polar surface area (TPSA) is 64.9 Å². The zero-order valence-electron chi connectivity index (χ0n) is 10.7. The molecule has 2 aromatic heterocycles. The molecule has 1 aliphatic carbocycles. The maximum Gasteiger partial charge on any atom is 0.261 e. The Morgan fingerprint density at radius 1 is 1.28 bits per heavy atom. The van der Waals surface area contributed by atoms with Gasteiger partial charge in [0.15, 0.2) is 5.82 Å². The number of aryl methyl sites for hydroxylation is 1. The summed E-state index contributed by atoms with van der Waals surface area (Å²) < 4.78 is 5.38. The van der Waals surface area contributed by atoms with E-state index in [1.165, 1.54) is 23.3 Å². The first-order valence-corrected chi connectivity index (χ1v) is 7.22. The number of rotatable bonds is 2. The summed E-state index contributed by atoms with van der Waals surface area (Å²) in [4.78, 5) is 5.87. The minimum absolute atomic E-state index is 0.276. The monoisotopic (exact) mass is 263 g/mol. The number of hydrogen-bond donors (Lipinski definition) is 1. The molecule has 2 N–H and O–H groups in total. The van der Waals surface area contributed by atoms with Gasteiger partial charge in [0, 0.05) is 10.8 Å². The third-order valence-electron chi connectivity index (χ3n) is 3.37. The fourth-order valence-corrected chi connectivity index (χ4v) is 3.54. The molecule has 0 bridgehead atoms. The van der Waals surface area contributed by atoms with Gasteiger partial charge in [-0.05, 0) is 31.2 Å². The summed E-state index contributed by atoms with van der Waals surface area (Å²) in [5.74, 6) is 1.62. The molecular formula is C13H17N3OS. The zero-order chi connectivity index (χ0) is 12.7. The van der Waals surface area contributed by atoms with Gasteiger partial charge in [0.1, 0.15) is 0 Å². The largest absolute Gasteiger partial charge is 0.390 e. The van der Waals surface area contributed by atoms with Gasteiger partial charge in [-0.25, -0.2) is 0 Å².